The van der Waals surface area contributed by atoms with Gasteiger partial charge in [0, 0.05) is 11.0 Å². The van der Waals surface area contributed by atoms with Crippen LogP contribution in [0.25, 0.3) is 10.8 Å². The minimum atomic E-state index is -0.320. The highest BCUT2D eigenvalue weighted by Gasteiger charge is 2.47. The fourth-order valence-corrected chi connectivity index (χ4v) is 6.82. The highest BCUT2D eigenvalue weighted by molar-refractivity contribution is 5.97. The van der Waals surface area contributed by atoms with Crippen molar-refractivity contribution in [2.45, 2.75) is 44.6 Å². The van der Waals surface area contributed by atoms with Gasteiger partial charge >= 0.3 is 5.97 Å². The standard InChI is InChI=1S/C36H30O3/c1-24-7-5-10-26-17-19-36(33(24)26)20-18-27-11-6-12-32(34(27)36)39-35(37)30-14-13-29-22-31(16-15-28(29)21-30)38-23-25-8-3-2-4-9-25/h2-16,21-22H,17-20,23H2,1H3. The summed E-state index contributed by atoms with van der Waals surface area (Å²) in [5, 5.41) is 2.00. The smallest absolute Gasteiger partial charge is 0.343 e. The number of esters is 1. The highest BCUT2D eigenvalue weighted by atomic mass is 16.5. The van der Waals surface area contributed by atoms with E-state index in [0.717, 1.165) is 47.8 Å². The summed E-state index contributed by atoms with van der Waals surface area (Å²) < 4.78 is 12.2. The lowest BCUT2D eigenvalue weighted by atomic mass is 9.74. The summed E-state index contributed by atoms with van der Waals surface area (Å²) in [6.45, 7) is 2.73. The van der Waals surface area contributed by atoms with E-state index in [2.05, 4.69) is 43.3 Å². The van der Waals surface area contributed by atoms with E-state index >= 15 is 0 Å². The first kappa shape index (κ1) is 23.7. The third kappa shape index (κ3) is 4.10. The van der Waals surface area contributed by atoms with Crippen LogP contribution in [0.1, 0.15) is 56.6 Å². The van der Waals surface area contributed by atoms with Crippen LogP contribution in [0.2, 0.25) is 0 Å². The molecule has 0 bridgehead atoms. The second kappa shape index (κ2) is 9.43. The molecule has 2 aliphatic carbocycles. The number of benzene rings is 5. The van der Waals surface area contributed by atoms with Crippen LogP contribution in [0.15, 0.2) is 103 Å². The minimum absolute atomic E-state index is 0.0631. The molecular formula is C36H30O3. The molecule has 3 nitrogen and oxygen atoms in total. The third-order valence-corrected chi connectivity index (χ3v) is 8.57. The number of hydrogen-bond acceptors (Lipinski definition) is 3. The van der Waals surface area contributed by atoms with Crippen molar-refractivity contribution in [1.29, 1.82) is 0 Å². The molecule has 1 unspecified atom stereocenters. The number of carbonyl (C=O) groups excluding carboxylic acids is 1. The number of hydrogen-bond donors (Lipinski definition) is 0. The van der Waals surface area contributed by atoms with Crippen molar-refractivity contribution in [3.05, 3.63) is 142 Å². The Balaban J connectivity index is 1.15. The van der Waals surface area contributed by atoms with E-state index in [-0.39, 0.29) is 11.4 Å². The number of rotatable bonds is 5. The van der Waals surface area contributed by atoms with Crippen molar-refractivity contribution in [2.75, 3.05) is 0 Å². The quantitative estimate of drug-likeness (QED) is 0.177. The Kier molecular flexibility index (Phi) is 5.73. The van der Waals surface area contributed by atoms with E-state index in [4.69, 9.17) is 9.47 Å². The third-order valence-electron chi connectivity index (χ3n) is 8.57. The fourth-order valence-electron chi connectivity index (χ4n) is 6.82. The molecule has 1 atom stereocenters. The van der Waals surface area contributed by atoms with Crippen molar-refractivity contribution in [3.8, 4) is 11.5 Å². The zero-order valence-corrected chi connectivity index (χ0v) is 22.1. The molecule has 7 rings (SSSR count). The van der Waals surface area contributed by atoms with Gasteiger partial charge in [-0.3, -0.25) is 0 Å². The molecule has 0 radical (unpaired) electrons. The topological polar surface area (TPSA) is 35.5 Å². The van der Waals surface area contributed by atoms with Crippen molar-refractivity contribution in [3.63, 3.8) is 0 Å². The Bertz CT molecular complexity index is 1720. The minimum Gasteiger partial charge on any atom is -0.489 e. The second-order valence-electron chi connectivity index (χ2n) is 10.9. The zero-order valence-electron chi connectivity index (χ0n) is 22.1. The van der Waals surface area contributed by atoms with Gasteiger partial charge in [0.25, 0.3) is 0 Å². The normalized spacial score (nSPS) is 17.3. The van der Waals surface area contributed by atoms with Crippen LogP contribution in [-0.2, 0) is 24.9 Å². The molecule has 0 aromatic heterocycles. The van der Waals surface area contributed by atoms with E-state index in [1.54, 1.807) is 0 Å². The van der Waals surface area contributed by atoms with Gasteiger partial charge in [0.05, 0.1) is 5.56 Å². The van der Waals surface area contributed by atoms with Crippen LogP contribution in [0, 0.1) is 6.92 Å². The Morgan fingerprint density at radius 2 is 1.46 bits per heavy atom. The molecule has 0 N–H and O–H groups in total. The molecule has 0 fully saturated rings. The lowest BCUT2D eigenvalue weighted by molar-refractivity contribution is 0.0732. The molecule has 2 aliphatic rings. The molecule has 1 spiro atoms. The van der Waals surface area contributed by atoms with Gasteiger partial charge in [-0.25, -0.2) is 4.79 Å². The highest BCUT2D eigenvalue weighted by Crippen LogP contribution is 2.56. The average Bonchev–Trinajstić information content (AvgIpc) is 3.54. The van der Waals surface area contributed by atoms with Crippen LogP contribution < -0.4 is 9.47 Å². The van der Waals surface area contributed by atoms with E-state index in [1.165, 1.54) is 27.8 Å². The molecule has 0 saturated carbocycles. The molecule has 5 aromatic carbocycles. The van der Waals surface area contributed by atoms with E-state index in [9.17, 15) is 4.79 Å². The molecule has 39 heavy (non-hydrogen) atoms. The summed E-state index contributed by atoms with van der Waals surface area (Å²) in [7, 11) is 0. The van der Waals surface area contributed by atoms with Crippen LogP contribution in [0.4, 0.5) is 0 Å². The summed E-state index contributed by atoms with van der Waals surface area (Å²) in [4.78, 5) is 13.5. The lowest BCUT2D eigenvalue weighted by Crippen LogP contribution is -2.24. The molecule has 192 valence electrons. The van der Waals surface area contributed by atoms with Gasteiger partial charge in [0.2, 0.25) is 0 Å². The molecule has 0 aliphatic heterocycles. The van der Waals surface area contributed by atoms with E-state index in [1.807, 2.05) is 66.7 Å². The predicted molar refractivity (Wildman–Crippen MR) is 155 cm³/mol. The van der Waals surface area contributed by atoms with Crippen molar-refractivity contribution < 1.29 is 14.3 Å². The summed E-state index contributed by atoms with van der Waals surface area (Å²) in [6.07, 6.45) is 4.22. The van der Waals surface area contributed by atoms with Gasteiger partial charge in [0.15, 0.2) is 0 Å². The SMILES string of the molecule is Cc1cccc2c1C1(CC2)CCc2cccc(OC(=O)c3ccc4cc(OCc5ccccc5)ccc4c3)c21. The molecule has 3 heteroatoms. The largest absolute Gasteiger partial charge is 0.489 e. The predicted octanol–water partition coefficient (Wildman–Crippen LogP) is 8.12. The average molecular weight is 511 g/mol. The maximum atomic E-state index is 13.5. The Hall–Kier alpha value is -4.37. The molecule has 0 amide bonds. The van der Waals surface area contributed by atoms with Crippen molar-refractivity contribution in [1.82, 2.24) is 0 Å². The van der Waals surface area contributed by atoms with Gasteiger partial charge in [-0.15, -0.1) is 0 Å². The van der Waals surface area contributed by atoms with Gasteiger partial charge in [-0.1, -0.05) is 72.8 Å². The maximum absolute atomic E-state index is 13.5. The van der Waals surface area contributed by atoms with Crippen molar-refractivity contribution in [2.24, 2.45) is 0 Å². The lowest BCUT2D eigenvalue weighted by Gasteiger charge is -2.29. The summed E-state index contributed by atoms with van der Waals surface area (Å²) in [5.41, 5.74) is 8.35. The fraction of sp³-hybridized carbons (Fsp3) is 0.194. The van der Waals surface area contributed by atoms with Crippen LogP contribution >= 0.6 is 0 Å². The van der Waals surface area contributed by atoms with Crippen LogP contribution in [-0.4, -0.2) is 5.97 Å². The van der Waals surface area contributed by atoms with Crippen molar-refractivity contribution >= 4 is 16.7 Å². The summed E-state index contributed by atoms with van der Waals surface area (Å²) in [5.74, 6) is 1.19. The summed E-state index contributed by atoms with van der Waals surface area (Å²) in [6, 6.07) is 34.6. The van der Waals surface area contributed by atoms with E-state index in [0.29, 0.717) is 17.9 Å². The second-order valence-corrected chi connectivity index (χ2v) is 10.9. The molecule has 0 saturated heterocycles. The number of aryl methyl sites for hydroxylation is 3. The molecule has 0 heterocycles. The first-order chi connectivity index (χ1) is 19.1. The zero-order chi connectivity index (χ0) is 26.4. The van der Waals surface area contributed by atoms with Crippen LogP contribution in [0.3, 0.4) is 0 Å². The van der Waals surface area contributed by atoms with Gasteiger partial charge in [-0.2, -0.15) is 0 Å². The first-order valence-electron chi connectivity index (χ1n) is 13.7. The maximum Gasteiger partial charge on any atom is 0.343 e. The molecule has 5 aromatic rings. The molecular weight excluding hydrogens is 480 g/mol. The first-order valence-corrected chi connectivity index (χ1v) is 13.7. The Morgan fingerprint density at radius 3 is 2.28 bits per heavy atom. The number of carbonyl (C=O) groups is 1. The van der Waals surface area contributed by atoms with Gasteiger partial charge in [-0.05, 0) is 102 Å². The number of ether oxygens (including phenoxy) is 2. The monoisotopic (exact) mass is 510 g/mol. The number of fused-ring (bicyclic) bond motifs is 5. The Morgan fingerprint density at radius 1 is 0.744 bits per heavy atom. The Labute approximate surface area is 229 Å². The van der Waals surface area contributed by atoms with Gasteiger partial charge in [0.1, 0.15) is 18.1 Å². The van der Waals surface area contributed by atoms with Crippen LogP contribution in [0.5, 0.6) is 11.5 Å². The van der Waals surface area contributed by atoms with Gasteiger partial charge < -0.3 is 9.47 Å². The summed E-state index contributed by atoms with van der Waals surface area (Å²) >= 11 is 0. The van der Waals surface area contributed by atoms with E-state index < -0.39 is 0 Å².